The number of nitrogens with zero attached hydrogens (tertiary/aromatic N) is 1. The predicted octanol–water partition coefficient (Wildman–Crippen LogP) is 9.64. The van der Waals surface area contributed by atoms with E-state index < -0.39 is 6.36 Å². The highest BCUT2D eigenvalue weighted by atomic mass is 19.4. The number of halogens is 3. The standard InChI is InChI=1S/C30H40F3NO/c31-30(32,33)35-29-21-19-28(20-22-29)27-17-15-26(16-18-27)10-6-5-9-25-13-11-24(12-14-25)8-4-2-1-3-7-23-34/h1-3,7,19-22,24-27H,4-6,8-18H2. The van der Waals surface area contributed by atoms with E-state index in [-0.39, 0.29) is 5.75 Å². The fourth-order valence-electron chi connectivity index (χ4n) is 6.01. The van der Waals surface area contributed by atoms with Crippen molar-refractivity contribution >= 4 is 0 Å². The van der Waals surface area contributed by atoms with Crippen LogP contribution in [-0.4, -0.2) is 6.36 Å². The summed E-state index contributed by atoms with van der Waals surface area (Å²) in [6.45, 7) is 0. The second-order valence-electron chi connectivity index (χ2n) is 10.5. The van der Waals surface area contributed by atoms with Gasteiger partial charge in [0.2, 0.25) is 0 Å². The maximum absolute atomic E-state index is 12.3. The number of hydrogen-bond donors (Lipinski definition) is 0. The minimum Gasteiger partial charge on any atom is -0.406 e. The van der Waals surface area contributed by atoms with Crippen LogP contribution < -0.4 is 4.74 Å². The number of rotatable bonds is 11. The first-order chi connectivity index (χ1) is 16.9. The average molecular weight is 488 g/mol. The van der Waals surface area contributed by atoms with Gasteiger partial charge in [-0.25, -0.2) is 0 Å². The number of allylic oxidation sites excluding steroid dienone is 4. The van der Waals surface area contributed by atoms with Gasteiger partial charge in [-0.15, -0.1) is 13.2 Å². The zero-order valence-corrected chi connectivity index (χ0v) is 20.8. The van der Waals surface area contributed by atoms with Crippen molar-refractivity contribution < 1.29 is 17.9 Å². The highest BCUT2D eigenvalue weighted by Crippen LogP contribution is 2.39. The lowest BCUT2D eigenvalue weighted by Gasteiger charge is -2.30. The third-order valence-electron chi connectivity index (χ3n) is 8.03. The van der Waals surface area contributed by atoms with Crippen LogP contribution in [0.2, 0.25) is 0 Å². The van der Waals surface area contributed by atoms with E-state index in [2.05, 4.69) is 10.8 Å². The Morgan fingerprint density at radius 1 is 0.800 bits per heavy atom. The Morgan fingerprint density at radius 2 is 1.34 bits per heavy atom. The number of ether oxygens (including phenoxy) is 1. The molecule has 0 heterocycles. The second-order valence-corrected chi connectivity index (χ2v) is 10.5. The van der Waals surface area contributed by atoms with E-state index in [9.17, 15) is 13.2 Å². The fraction of sp³-hybridized carbons (Fsp3) is 0.633. The molecule has 1 aromatic rings. The summed E-state index contributed by atoms with van der Waals surface area (Å²) in [4.78, 5) is 0. The summed E-state index contributed by atoms with van der Waals surface area (Å²) in [6, 6.07) is 8.48. The largest absolute Gasteiger partial charge is 0.573 e. The number of hydrogen-bond acceptors (Lipinski definition) is 2. The van der Waals surface area contributed by atoms with Crippen LogP contribution in [0.15, 0.2) is 48.6 Å². The summed E-state index contributed by atoms with van der Waals surface area (Å²) < 4.78 is 41.0. The summed E-state index contributed by atoms with van der Waals surface area (Å²) in [6.07, 6.45) is 20.9. The lowest BCUT2D eigenvalue weighted by molar-refractivity contribution is -0.274. The molecule has 1 aromatic carbocycles. The average Bonchev–Trinajstić information content (AvgIpc) is 2.85. The molecule has 0 atom stereocenters. The molecule has 0 unspecified atom stereocenters. The Balaban J connectivity index is 1.23. The van der Waals surface area contributed by atoms with Gasteiger partial charge in [-0.3, -0.25) is 0 Å². The summed E-state index contributed by atoms with van der Waals surface area (Å²) in [5.74, 6) is 2.93. The van der Waals surface area contributed by atoms with Gasteiger partial charge in [0.15, 0.2) is 0 Å². The minimum absolute atomic E-state index is 0.138. The molecule has 192 valence electrons. The molecule has 0 aromatic heterocycles. The monoisotopic (exact) mass is 487 g/mol. The van der Waals surface area contributed by atoms with E-state index in [1.807, 2.05) is 12.1 Å². The first-order valence-electron chi connectivity index (χ1n) is 13.5. The summed E-state index contributed by atoms with van der Waals surface area (Å²) >= 11 is 0. The molecule has 2 nitrogen and oxygen atoms in total. The zero-order valence-electron chi connectivity index (χ0n) is 20.8. The molecule has 2 fully saturated rings. The van der Waals surface area contributed by atoms with Gasteiger partial charge in [0.25, 0.3) is 0 Å². The fourth-order valence-corrected chi connectivity index (χ4v) is 6.01. The maximum atomic E-state index is 12.3. The highest BCUT2D eigenvalue weighted by molar-refractivity contribution is 5.29. The third-order valence-corrected chi connectivity index (χ3v) is 8.03. The Bertz CT molecular complexity index is 821. The molecular weight excluding hydrogens is 447 g/mol. The second kappa shape index (κ2) is 14.4. The van der Waals surface area contributed by atoms with Crippen LogP contribution in [0.25, 0.3) is 0 Å². The predicted molar refractivity (Wildman–Crippen MR) is 135 cm³/mol. The molecule has 2 saturated carbocycles. The van der Waals surface area contributed by atoms with Gasteiger partial charge in [0.05, 0.1) is 6.07 Å². The molecule has 2 aliphatic rings. The third kappa shape index (κ3) is 10.5. The molecule has 2 aliphatic carbocycles. The molecule has 5 heteroatoms. The molecule has 0 spiro atoms. The van der Waals surface area contributed by atoms with Crippen LogP contribution in [0.5, 0.6) is 5.75 Å². The van der Waals surface area contributed by atoms with Crippen molar-refractivity contribution in [2.45, 2.75) is 102 Å². The van der Waals surface area contributed by atoms with Gasteiger partial charge < -0.3 is 4.74 Å². The van der Waals surface area contributed by atoms with Crippen molar-refractivity contribution in [2.75, 3.05) is 0 Å². The van der Waals surface area contributed by atoms with Crippen LogP contribution >= 0.6 is 0 Å². The Hall–Kier alpha value is -2.22. The highest BCUT2D eigenvalue weighted by Gasteiger charge is 2.31. The van der Waals surface area contributed by atoms with Crippen molar-refractivity contribution in [1.82, 2.24) is 0 Å². The van der Waals surface area contributed by atoms with Crippen molar-refractivity contribution in [3.63, 3.8) is 0 Å². The molecule has 0 saturated heterocycles. The molecular formula is C30H40F3NO. The molecule has 0 radical (unpaired) electrons. The van der Waals surface area contributed by atoms with Gasteiger partial charge in [0.1, 0.15) is 5.75 Å². The van der Waals surface area contributed by atoms with Gasteiger partial charge in [-0.05, 0) is 79.9 Å². The number of nitriles is 1. The molecule has 3 rings (SSSR count). The minimum atomic E-state index is -4.63. The number of benzene rings is 1. The zero-order chi connectivity index (χ0) is 24.9. The van der Waals surface area contributed by atoms with Crippen LogP contribution in [0.4, 0.5) is 13.2 Å². The normalized spacial score (nSPS) is 25.7. The van der Waals surface area contributed by atoms with Crippen LogP contribution in [-0.2, 0) is 0 Å². The topological polar surface area (TPSA) is 33.0 Å². The van der Waals surface area contributed by atoms with Crippen LogP contribution in [0.1, 0.15) is 101 Å². The molecule has 0 bridgehead atoms. The van der Waals surface area contributed by atoms with Crippen molar-refractivity contribution in [3.05, 3.63) is 54.1 Å². The van der Waals surface area contributed by atoms with Gasteiger partial charge >= 0.3 is 6.36 Å². The SMILES string of the molecule is N#CC=CC=CCCC1CCC(CCCCC2CCC(c3ccc(OC(F)(F)F)cc3)CC2)CC1. The molecule has 0 amide bonds. The van der Waals surface area contributed by atoms with E-state index in [4.69, 9.17) is 5.26 Å². The van der Waals surface area contributed by atoms with Crippen molar-refractivity contribution in [2.24, 2.45) is 17.8 Å². The van der Waals surface area contributed by atoms with Crippen LogP contribution in [0, 0.1) is 29.1 Å². The molecule has 35 heavy (non-hydrogen) atoms. The van der Waals surface area contributed by atoms with E-state index in [1.165, 1.54) is 88.8 Å². The van der Waals surface area contributed by atoms with E-state index >= 15 is 0 Å². The Kier molecular flexibility index (Phi) is 11.2. The lowest BCUT2D eigenvalue weighted by atomic mass is 9.76. The first kappa shape index (κ1) is 27.4. The van der Waals surface area contributed by atoms with E-state index in [0.717, 1.165) is 42.6 Å². The van der Waals surface area contributed by atoms with Crippen molar-refractivity contribution in [3.8, 4) is 11.8 Å². The van der Waals surface area contributed by atoms with Gasteiger partial charge in [-0.2, -0.15) is 5.26 Å². The summed E-state index contributed by atoms with van der Waals surface area (Å²) in [7, 11) is 0. The summed E-state index contributed by atoms with van der Waals surface area (Å²) in [5, 5.41) is 8.48. The van der Waals surface area contributed by atoms with E-state index in [0.29, 0.717) is 5.92 Å². The number of alkyl halides is 3. The Morgan fingerprint density at radius 3 is 1.89 bits per heavy atom. The maximum Gasteiger partial charge on any atom is 0.573 e. The van der Waals surface area contributed by atoms with Crippen molar-refractivity contribution in [1.29, 1.82) is 5.26 Å². The quantitative estimate of drug-likeness (QED) is 0.177. The van der Waals surface area contributed by atoms with E-state index in [1.54, 1.807) is 18.2 Å². The lowest BCUT2D eigenvalue weighted by Crippen LogP contribution is -2.17. The molecule has 0 aliphatic heterocycles. The molecule has 0 N–H and O–H groups in total. The first-order valence-corrected chi connectivity index (χ1v) is 13.5. The smallest absolute Gasteiger partial charge is 0.406 e. The summed E-state index contributed by atoms with van der Waals surface area (Å²) in [5.41, 5.74) is 1.14. The van der Waals surface area contributed by atoms with Gasteiger partial charge in [-0.1, -0.05) is 81.7 Å². The van der Waals surface area contributed by atoms with Gasteiger partial charge in [0, 0.05) is 6.08 Å². The number of unbranched alkanes of at least 4 members (excludes halogenated alkanes) is 1. The van der Waals surface area contributed by atoms with Crippen LogP contribution in [0.3, 0.4) is 0 Å². The Labute approximate surface area is 209 Å².